The summed E-state index contributed by atoms with van der Waals surface area (Å²) in [6.07, 6.45) is 4.04. The maximum Gasteiger partial charge on any atom is 0.270 e. The molecule has 0 aliphatic rings. The Bertz CT molecular complexity index is 706. The van der Waals surface area contributed by atoms with Crippen molar-refractivity contribution in [2.75, 3.05) is 18.4 Å². The summed E-state index contributed by atoms with van der Waals surface area (Å²) in [6.45, 7) is 5.30. The van der Waals surface area contributed by atoms with Gasteiger partial charge >= 0.3 is 0 Å². The van der Waals surface area contributed by atoms with Crippen molar-refractivity contribution in [3.8, 4) is 0 Å². The molecule has 1 aromatic heterocycles. The summed E-state index contributed by atoms with van der Waals surface area (Å²) >= 11 is 5.99. The molecule has 25 heavy (non-hydrogen) atoms. The predicted molar refractivity (Wildman–Crippen MR) is 102 cm³/mol. The van der Waals surface area contributed by atoms with Crippen LogP contribution in [0.2, 0.25) is 5.02 Å². The highest BCUT2D eigenvalue weighted by atomic mass is 35.5. The Morgan fingerprint density at radius 3 is 2.76 bits per heavy atom. The fourth-order valence-corrected chi connectivity index (χ4v) is 2.68. The quantitative estimate of drug-likeness (QED) is 0.663. The average Bonchev–Trinajstić information content (AvgIpc) is 2.58. The molecule has 0 bridgehead atoms. The fourth-order valence-electron chi connectivity index (χ4n) is 2.47. The van der Waals surface area contributed by atoms with Gasteiger partial charge in [-0.2, -0.15) is 0 Å². The molecular formula is C19H25ClN4O. The van der Waals surface area contributed by atoms with Gasteiger partial charge in [0, 0.05) is 24.2 Å². The largest absolute Gasteiger partial charge is 0.370 e. The maximum absolute atomic E-state index is 12.2. The number of unbranched alkanes of at least 4 members (excludes halogenated alkanes) is 2. The normalized spacial score (nSPS) is 10.5. The van der Waals surface area contributed by atoms with E-state index in [-0.39, 0.29) is 5.91 Å². The molecule has 0 unspecified atom stereocenters. The lowest BCUT2D eigenvalue weighted by atomic mass is 10.1. The van der Waals surface area contributed by atoms with E-state index in [1.807, 2.05) is 24.3 Å². The van der Waals surface area contributed by atoms with Crippen LogP contribution in [-0.4, -0.2) is 29.0 Å². The van der Waals surface area contributed by atoms with Crippen LogP contribution in [0.3, 0.4) is 0 Å². The van der Waals surface area contributed by atoms with Crippen molar-refractivity contribution in [3.05, 3.63) is 52.4 Å². The van der Waals surface area contributed by atoms with E-state index in [1.165, 1.54) is 0 Å². The van der Waals surface area contributed by atoms with Gasteiger partial charge in [0.1, 0.15) is 17.3 Å². The monoisotopic (exact) mass is 360 g/mol. The number of hydrogen-bond acceptors (Lipinski definition) is 4. The van der Waals surface area contributed by atoms with Crippen LogP contribution in [0.4, 0.5) is 5.82 Å². The van der Waals surface area contributed by atoms with Crippen LogP contribution in [-0.2, 0) is 6.42 Å². The molecule has 1 aromatic carbocycles. The Hall–Kier alpha value is -2.14. The summed E-state index contributed by atoms with van der Waals surface area (Å²) in [6, 6.07) is 9.48. The molecule has 2 rings (SSSR count). The van der Waals surface area contributed by atoms with Crippen LogP contribution in [0.5, 0.6) is 0 Å². The van der Waals surface area contributed by atoms with Gasteiger partial charge < -0.3 is 10.6 Å². The molecular weight excluding hydrogens is 336 g/mol. The summed E-state index contributed by atoms with van der Waals surface area (Å²) in [5.74, 6) is 1.08. The molecule has 0 radical (unpaired) electrons. The number of hydrogen-bond donors (Lipinski definition) is 2. The van der Waals surface area contributed by atoms with E-state index >= 15 is 0 Å². The van der Waals surface area contributed by atoms with E-state index in [0.29, 0.717) is 30.4 Å². The molecule has 5 nitrogen and oxygen atoms in total. The van der Waals surface area contributed by atoms with Crippen LogP contribution in [0.1, 0.15) is 48.1 Å². The first-order valence-electron chi connectivity index (χ1n) is 8.70. The molecule has 1 amide bonds. The average molecular weight is 361 g/mol. The third-order valence-electron chi connectivity index (χ3n) is 3.75. The van der Waals surface area contributed by atoms with Crippen LogP contribution in [0.25, 0.3) is 0 Å². The van der Waals surface area contributed by atoms with E-state index in [9.17, 15) is 4.79 Å². The van der Waals surface area contributed by atoms with E-state index in [0.717, 1.165) is 36.3 Å². The smallest absolute Gasteiger partial charge is 0.270 e. The molecule has 6 heteroatoms. The van der Waals surface area contributed by atoms with Gasteiger partial charge in [0.05, 0.1) is 0 Å². The summed E-state index contributed by atoms with van der Waals surface area (Å²) in [5, 5.41) is 6.89. The Balaban J connectivity index is 1.90. The van der Waals surface area contributed by atoms with Gasteiger partial charge in [-0.25, -0.2) is 9.97 Å². The summed E-state index contributed by atoms with van der Waals surface area (Å²) in [4.78, 5) is 20.8. The number of aryl methyl sites for hydroxylation is 1. The number of nitrogens with zero attached hydrogens (tertiary/aromatic N) is 2. The number of carbonyl (C=O) groups excluding carboxylic acids is 1. The second-order valence-electron chi connectivity index (χ2n) is 5.96. The summed E-state index contributed by atoms with van der Waals surface area (Å²) < 4.78 is 0. The van der Waals surface area contributed by atoms with Crippen molar-refractivity contribution < 1.29 is 4.79 Å². The molecule has 0 saturated heterocycles. The van der Waals surface area contributed by atoms with Crippen molar-refractivity contribution in [1.29, 1.82) is 0 Å². The minimum Gasteiger partial charge on any atom is -0.370 e. The Kier molecular flexibility index (Phi) is 7.67. The number of benzene rings is 1. The van der Waals surface area contributed by atoms with Crippen LogP contribution in [0.15, 0.2) is 30.3 Å². The second kappa shape index (κ2) is 9.99. The SMILES string of the molecule is CCCCCNC(=O)c1cc(NCCc2cccc(Cl)c2)nc(C)n1. The predicted octanol–water partition coefficient (Wildman–Crippen LogP) is 4.01. The molecule has 1 heterocycles. The second-order valence-corrected chi connectivity index (χ2v) is 6.39. The lowest BCUT2D eigenvalue weighted by Gasteiger charge is -2.09. The molecule has 0 spiro atoms. The highest BCUT2D eigenvalue weighted by Crippen LogP contribution is 2.12. The van der Waals surface area contributed by atoms with E-state index in [1.54, 1.807) is 13.0 Å². The minimum absolute atomic E-state index is 0.153. The summed E-state index contributed by atoms with van der Waals surface area (Å²) in [7, 11) is 0. The van der Waals surface area contributed by atoms with Crippen molar-refractivity contribution in [3.63, 3.8) is 0 Å². The number of carbonyl (C=O) groups is 1. The van der Waals surface area contributed by atoms with Gasteiger partial charge in [-0.3, -0.25) is 4.79 Å². The number of rotatable bonds is 9. The zero-order chi connectivity index (χ0) is 18.1. The van der Waals surface area contributed by atoms with Gasteiger partial charge in [0.2, 0.25) is 0 Å². The van der Waals surface area contributed by atoms with Crippen LogP contribution < -0.4 is 10.6 Å². The zero-order valence-electron chi connectivity index (χ0n) is 14.8. The third-order valence-corrected chi connectivity index (χ3v) is 3.98. The number of anilines is 1. The number of amides is 1. The Morgan fingerprint density at radius 1 is 1.16 bits per heavy atom. The first-order valence-corrected chi connectivity index (χ1v) is 9.08. The first kappa shape index (κ1) is 19.2. The standard InChI is InChI=1S/C19H25ClN4O/c1-3-4-5-10-22-19(25)17-13-18(24-14(2)23-17)21-11-9-15-7-6-8-16(20)12-15/h6-8,12-13H,3-5,9-11H2,1-2H3,(H,22,25)(H,21,23,24). The van der Waals surface area contributed by atoms with Crippen molar-refractivity contribution in [2.24, 2.45) is 0 Å². The highest BCUT2D eigenvalue weighted by Gasteiger charge is 2.10. The van der Waals surface area contributed by atoms with E-state index < -0.39 is 0 Å². The van der Waals surface area contributed by atoms with Crippen LogP contribution in [0, 0.1) is 6.92 Å². The number of aromatic nitrogens is 2. The lowest BCUT2D eigenvalue weighted by molar-refractivity contribution is 0.0947. The molecule has 0 aliphatic heterocycles. The number of nitrogens with one attached hydrogen (secondary N) is 2. The van der Waals surface area contributed by atoms with Gasteiger partial charge in [-0.05, 0) is 37.5 Å². The van der Waals surface area contributed by atoms with Gasteiger partial charge in [-0.15, -0.1) is 0 Å². The zero-order valence-corrected chi connectivity index (χ0v) is 15.6. The van der Waals surface area contributed by atoms with Gasteiger partial charge in [0.15, 0.2) is 0 Å². The first-order chi connectivity index (χ1) is 12.1. The van der Waals surface area contributed by atoms with E-state index in [4.69, 9.17) is 11.6 Å². The molecule has 2 aromatic rings. The van der Waals surface area contributed by atoms with Crippen LogP contribution >= 0.6 is 11.6 Å². The minimum atomic E-state index is -0.153. The van der Waals surface area contributed by atoms with E-state index in [2.05, 4.69) is 27.5 Å². The third kappa shape index (κ3) is 6.70. The molecule has 0 fully saturated rings. The highest BCUT2D eigenvalue weighted by molar-refractivity contribution is 6.30. The number of halogens is 1. The summed E-state index contributed by atoms with van der Waals surface area (Å²) in [5.41, 5.74) is 1.55. The Morgan fingerprint density at radius 2 is 2.00 bits per heavy atom. The fraction of sp³-hybridized carbons (Fsp3) is 0.421. The molecule has 0 aliphatic carbocycles. The van der Waals surface area contributed by atoms with Gasteiger partial charge in [0.25, 0.3) is 5.91 Å². The van der Waals surface area contributed by atoms with Crippen molar-refractivity contribution in [2.45, 2.75) is 39.5 Å². The topological polar surface area (TPSA) is 66.9 Å². The van der Waals surface area contributed by atoms with Gasteiger partial charge in [-0.1, -0.05) is 43.5 Å². The molecule has 2 N–H and O–H groups in total. The molecule has 134 valence electrons. The van der Waals surface area contributed by atoms with Crippen molar-refractivity contribution >= 4 is 23.3 Å². The maximum atomic E-state index is 12.2. The molecule has 0 atom stereocenters. The molecule has 0 saturated carbocycles. The van der Waals surface area contributed by atoms with Crippen molar-refractivity contribution in [1.82, 2.24) is 15.3 Å². The lowest BCUT2D eigenvalue weighted by Crippen LogP contribution is -2.26. The Labute approximate surface area is 154 Å².